The first-order valence-electron chi connectivity index (χ1n) is 9.56. The van der Waals surface area contributed by atoms with Crippen LogP contribution in [0.2, 0.25) is 0 Å². The Hall–Kier alpha value is -2.66. The van der Waals surface area contributed by atoms with Gasteiger partial charge in [-0.25, -0.2) is 4.98 Å². The van der Waals surface area contributed by atoms with Gasteiger partial charge >= 0.3 is 0 Å². The monoisotopic (exact) mass is 375 g/mol. The number of hydrogen-bond donors (Lipinski definition) is 1. The number of anilines is 2. The number of aromatic nitrogens is 2. The summed E-state index contributed by atoms with van der Waals surface area (Å²) in [7, 11) is 0. The topological polar surface area (TPSA) is 46.9 Å². The molecule has 2 aromatic carbocycles. The Morgan fingerprint density at radius 2 is 1.93 bits per heavy atom. The Balaban J connectivity index is 1.70. The van der Waals surface area contributed by atoms with Crippen LogP contribution in [0.3, 0.4) is 0 Å². The van der Waals surface area contributed by atoms with Crippen molar-refractivity contribution in [3.05, 3.63) is 63.3 Å². The second-order valence-corrected chi connectivity index (χ2v) is 8.11. The van der Waals surface area contributed by atoms with Crippen LogP contribution in [0.1, 0.15) is 30.2 Å². The van der Waals surface area contributed by atoms with Crippen LogP contribution in [0.5, 0.6) is 0 Å². The van der Waals surface area contributed by atoms with E-state index in [9.17, 15) is 4.79 Å². The van der Waals surface area contributed by atoms with Crippen LogP contribution < -0.4 is 10.9 Å². The Morgan fingerprint density at radius 3 is 2.81 bits per heavy atom. The Bertz CT molecular complexity index is 1220. The third-order valence-electron chi connectivity index (χ3n) is 5.43. The molecular weight excluding hydrogens is 354 g/mol. The summed E-state index contributed by atoms with van der Waals surface area (Å²) in [5.41, 5.74) is 2.31. The highest BCUT2D eigenvalue weighted by Crippen LogP contribution is 2.35. The molecule has 2 aromatic heterocycles. The summed E-state index contributed by atoms with van der Waals surface area (Å²) in [6, 6.07) is 14.4. The fourth-order valence-corrected chi connectivity index (χ4v) is 5.33. The fourth-order valence-electron chi connectivity index (χ4n) is 4.08. The van der Waals surface area contributed by atoms with E-state index >= 15 is 0 Å². The standard InChI is InChI=1S/C22H21N3OS/c1-2-25-21(26)19-16-11-5-6-13-18(16)27-20(19)24-22(25)23-17-12-7-9-14-8-3-4-10-15(14)17/h3-4,7-10,12H,2,5-6,11,13H2,1H3,(H,23,24). The number of benzene rings is 2. The number of hydrogen-bond acceptors (Lipinski definition) is 4. The molecule has 0 amide bonds. The molecule has 4 aromatic rings. The minimum absolute atomic E-state index is 0.0876. The smallest absolute Gasteiger partial charge is 0.263 e. The van der Waals surface area contributed by atoms with Gasteiger partial charge in [-0.3, -0.25) is 9.36 Å². The van der Waals surface area contributed by atoms with Crippen molar-refractivity contribution in [1.29, 1.82) is 0 Å². The van der Waals surface area contributed by atoms with Gasteiger partial charge in [0, 0.05) is 22.5 Å². The van der Waals surface area contributed by atoms with E-state index in [1.54, 1.807) is 15.9 Å². The molecule has 0 radical (unpaired) electrons. The summed E-state index contributed by atoms with van der Waals surface area (Å²) in [5, 5.41) is 6.58. The normalized spacial score (nSPS) is 13.8. The molecule has 0 aliphatic heterocycles. The fraction of sp³-hybridized carbons (Fsp3) is 0.273. The van der Waals surface area contributed by atoms with Crippen LogP contribution in [-0.4, -0.2) is 9.55 Å². The van der Waals surface area contributed by atoms with Crippen molar-refractivity contribution in [1.82, 2.24) is 9.55 Å². The SMILES string of the molecule is CCn1c(Nc2cccc3ccccc23)nc2sc3c(c2c1=O)CCCC3. The van der Waals surface area contributed by atoms with Crippen LogP contribution in [0.25, 0.3) is 21.0 Å². The van der Waals surface area contributed by atoms with Gasteiger partial charge < -0.3 is 5.32 Å². The predicted molar refractivity (Wildman–Crippen MR) is 113 cm³/mol. The number of nitrogens with one attached hydrogen (secondary N) is 1. The maximum atomic E-state index is 13.3. The minimum atomic E-state index is 0.0876. The molecule has 5 heteroatoms. The quantitative estimate of drug-likeness (QED) is 0.532. The van der Waals surface area contributed by atoms with Gasteiger partial charge in [0.25, 0.3) is 5.56 Å². The highest BCUT2D eigenvalue weighted by Gasteiger charge is 2.21. The van der Waals surface area contributed by atoms with E-state index < -0.39 is 0 Å². The predicted octanol–water partition coefficient (Wildman–Crippen LogP) is 5.25. The van der Waals surface area contributed by atoms with Gasteiger partial charge in [-0.05, 0) is 49.6 Å². The molecule has 0 saturated heterocycles. The van der Waals surface area contributed by atoms with Gasteiger partial charge in [0.2, 0.25) is 5.95 Å². The average Bonchev–Trinajstić information content (AvgIpc) is 3.07. The first kappa shape index (κ1) is 16.5. The zero-order valence-electron chi connectivity index (χ0n) is 15.3. The molecule has 1 aliphatic rings. The van der Waals surface area contributed by atoms with E-state index in [2.05, 4.69) is 23.5 Å². The largest absolute Gasteiger partial charge is 0.325 e. The molecule has 0 saturated carbocycles. The van der Waals surface area contributed by atoms with E-state index in [4.69, 9.17) is 4.98 Å². The molecule has 5 rings (SSSR count). The lowest BCUT2D eigenvalue weighted by Crippen LogP contribution is -2.23. The highest BCUT2D eigenvalue weighted by atomic mass is 32.1. The van der Waals surface area contributed by atoms with Crippen molar-refractivity contribution in [2.45, 2.75) is 39.2 Å². The molecular formula is C22H21N3OS. The second kappa shape index (κ2) is 6.50. The van der Waals surface area contributed by atoms with Crippen molar-refractivity contribution < 1.29 is 0 Å². The Labute approximate surface area is 161 Å². The van der Waals surface area contributed by atoms with Gasteiger partial charge in [0.1, 0.15) is 4.83 Å². The summed E-state index contributed by atoms with van der Waals surface area (Å²) >= 11 is 1.70. The minimum Gasteiger partial charge on any atom is -0.325 e. The zero-order chi connectivity index (χ0) is 18.4. The molecule has 0 fully saturated rings. The van der Waals surface area contributed by atoms with Crippen LogP contribution in [0.15, 0.2) is 47.3 Å². The molecule has 0 unspecified atom stereocenters. The second-order valence-electron chi connectivity index (χ2n) is 7.03. The maximum absolute atomic E-state index is 13.3. The number of rotatable bonds is 3. The van der Waals surface area contributed by atoms with E-state index in [1.165, 1.54) is 28.7 Å². The van der Waals surface area contributed by atoms with Crippen LogP contribution >= 0.6 is 11.3 Å². The van der Waals surface area contributed by atoms with Crippen molar-refractivity contribution in [2.24, 2.45) is 0 Å². The summed E-state index contributed by atoms with van der Waals surface area (Å²) < 4.78 is 1.77. The first-order chi connectivity index (χ1) is 13.3. The molecule has 1 N–H and O–H groups in total. The van der Waals surface area contributed by atoms with Gasteiger partial charge in [-0.15, -0.1) is 11.3 Å². The molecule has 4 nitrogen and oxygen atoms in total. The van der Waals surface area contributed by atoms with Gasteiger partial charge in [-0.1, -0.05) is 36.4 Å². The number of nitrogens with zero attached hydrogens (tertiary/aromatic N) is 2. The maximum Gasteiger partial charge on any atom is 0.263 e. The molecule has 0 spiro atoms. The molecule has 1 aliphatic carbocycles. The van der Waals surface area contributed by atoms with E-state index in [0.29, 0.717) is 12.5 Å². The summed E-state index contributed by atoms with van der Waals surface area (Å²) in [6.45, 7) is 2.60. The zero-order valence-corrected chi connectivity index (χ0v) is 16.1. The third-order valence-corrected chi connectivity index (χ3v) is 6.61. The summed E-state index contributed by atoms with van der Waals surface area (Å²) in [5.74, 6) is 0.630. The van der Waals surface area contributed by atoms with E-state index in [-0.39, 0.29) is 5.56 Å². The number of aryl methyl sites for hydroxylation is 2. The van der Waals surface area contributed by atoms with Gasteiger partial charge in [0.05, 0.1) is 5.39 Å². The van der Waals surface area contributed by atoms with E-state index in [1.807, 2.05) is 31.2 Å². The van der Waals surface area contributed by atoms with E-state index in [0.717, 1.165) is 34.1 Å². The Morgan fingerprint density at radius 1 is 1.11 bits per heavy atom. The highest BCUT2D eigenvalue weighted by molar-refractivity contribution is 7.18. The van der Waals surface area contributed by atoms with Crippen molar-refractivity contribution in [3.63, 3.8) is 0 Å². The van der Waals surface area contributed by atoms with Gasteiger partial charge in [-0.2, -0.15) is 0 Å². The molecule has 2 heterocycles. The van der Waals surface area contributed by atoms with Crippen LogP contribution in [0.4, 0.5) is 11.6 Å². The average molecular weight is 375 g/mol. The Kier molecular flexibility index (Phi) is 3.97. The third kappa shape index (κ3) is 2.65. The summed E-state index contributed by atoms with van der Waals surface area (Å²) in [4.78, 5) is 20.4. The lowest BCUT2D eigenvalue weighted by atomic mass is 9.97. The molecule has 0 bridgehead atoms. The van der Waals surface area contributed by atoms with Crippen LogP contribution in [0, 0.1) is 0 Å². The van der Waals surface area contributed by atoms with Crippen molar-refractivity contribution in [3.8, 4) is 0 Å². The molecule has 0 atom stereocenters. The lowest BCUT2D eigenvalue weighted by molar-refractivity contribution is 0.696. The molecule has 136 valence electrons. The first-order valence-corrected chi connectivity index (χ1v) is 10.4. The van der Waals surface area contributed by atoms with Crippen molar-refractivity contribution in [2.75, 3.05) is 5.32 Å². The van der Waals surface area contributed by atoms with Crippen LogP contribution in [-0.2, 0) is 19.4 Å². The number of fused-ring (bicyclic) bond motifs is 4. The molecule has 27 heavy (non-hydrogen) atoms. The lowest BCUT2D eigenvalue weighted by Gasteiger charge is -2.14. The summed E-state index contributed by atoms with van der Waals surface area (Å²) in [6.07, 6.45) is 4.46. The van der Waals surface area contributed by atoms with Gasteiger partial charge in [0.15, 0.2) is 0 Å². The number of thiophene rings is 1. The van der Waals surface area contributed by atoms with Crippen molar-refractivity contribution >= 4 is 44.0 Å².